The summed E-state index contributed by atoms with van der Waals surface area (Å²) in [6, 6.07) is 10.3. The van der Waals surface area contributed by atoms with Crippen LogP contribution in [0.25, 0.3) is 0 Å². The first-order valence-electron chi connectivity index (χ1n) is 8.23. The molecule has 1 aromatic heterocycles. The number of rotatable bonds is 5. The zero-order valence-electron chi connectivity index (χ0n) is 13.8. The van der Waals surface area contributed by atoms with Crippen LogP contribution in [0.15, 0.2) is 30.3 Å². The van der Waals surface area contributed by atoms with Crippen molar-refractivity contribution in [2.24, 2.45) is 0 Å². The molecule has 0 aliphatic carbocycles. The van der Waals surface area contributed by atoms with Gasteiger partial charge in [-0.05, 0) is 57.0 Å². The molecule has 1 amide bonds. The number of benzene rings is 1. The van der Waals surface area contributed by atoms with E-state index in [0.29, 0.717) is 18.2 Å². The number of nitrogens with zero attached hydrogens (tertiary/aromatic N) is 2. The highest BCUT2D eigenvalue weighted by Crippen LogP contribution is 2.10. The zero-order valence-corrected chi connectivity index (χ0v) is 13.8. The molecule has 5 nitrogen and oxygen atoms in total. The van der Waals surface area contributed by atoms with Crippen LogP contribution in [0.1, 0.15) is 40.2 Å². The maximum absolute atomic E-state index is 12.2. The minimum Gasteiger partial charge on any atom is -0.350 e. The summed E-state index contributed by atoms with van der Waals surface area (Å²) in [6.07, 6.45) is 2.34. The molecule has 1 aromatic carbocycles. The summed E-state index contributed by atoms with van der Waals surface area (Å²) >= 11 is 0. The first-order chi connectivity index (χ1) is 11.1. The highest BCUT2D eigenvalue weighted by atomic mass is 16.1. The SMILES string of the molecule is Cc1cc(C)n(Cc2ccc(C(=O)NCC3CCCN3)cc2)n1. The van der Waals surface area contributed by atoms with Crippen molar-refractivity contribution in [1.82, 2.24) is 20.4 Å². The molecule has 0 bridgehead atoms. The molecule has 0 radical (unpaired) electrons. The van der Waals surface area contributed by atoms with E-state index in [1.165, 1.54) is 6.42 Å². The third-order valence-electron chi connectivity index (χ3n) is 4.32. The Morgan fingerprint density at radius 3 is 2.74 bits per heavy atom. The average molecular weight is 312 g/mol. The van der Waals surface area contributed by atoms with Crippen LogP contribution in [0.2, 0.25) is 0 Å². The Labute approximate surface area is 137 Å². The molecule has 2 aromatic rings. The summed E-state index contributed by atoms with van der Waals surface area (Å²) in [5, 5.41) is 10.9. The van der Waals surface area contributed by atoms with E-state index in [-0.39, 0.29) is 5.91 Å². The van der Waals surface area contributed by atoms with Crippen LogP contribution in [0, 0.1) is 13.8 Å². The van der Waals surface area contributed by atoms with Crippen LogP contribution in [0.3, 0.4) is 0 Å². The third-order valence-corrected chi connectivity index (χ3v) is 4.32. The normalized spacial score (nSPS) is 17.4. The van der Waals surface area contributed by atoms with Crippen molar-refractivity contribution >= 4 is 5.91 Å². The van der Waals surface area contributed by atoms with Gasteiger partial charge in [-0.25, -0.2) is 0 Å². The number of amides is 1. The Kier molecular flexibility index (Phi) is 4.76. The van der Waals surface area contributed by atoms with Crippen molar-refractivity contribution in [3.05, 3.63) is 52.8 Å². The molecule has 2 N–H and O–H groups in total. The van der Waals surface area contributed by atoms with Gasteiger partial charge in [0.25, 0.3) is 5.91 Å². The van der Waals surface area contributed by atoms with Crippen molar-refractivity contribution in [3.8, 4) is 0 Å². The summed E-state index contributed by atoms with van der Waals surface area (Å²) in [4.78, 5) is 12.2. The van der Waals surface area contributed by atoms with Gasteiger partial charge in [0.15, 0.2) is 0 Å². The summed E-state index contributed by atoms with van der Waals surface area (Å²) in [6.45, 7) is 6.54. The Balaban J connectivity index is 1.57. The minimum atomic E-state index is -0.00337. The van der Waals surface area contributed by atoms with E-state index in [0.717, 1.165) is 36.5 Å². The van der Waals surface area contributed by atoms with Gasteiger partial charge in [-0.15, -0.1) is 0 Å². The van der Waals surface area contributed by atoms with E-state index < -0.39 is 0 Å². The van der Waals surface area contributed by atoms with Gasteiger partial charge in [0.2, 0.25) is 0 Å². The number of carbonyl (C=O) groups excluding carboxylic acids is 1. The van der Waals surface area contributed by atoms with Gasteiger partial charge in [-0.1, -0.05) is 12.1 Å². The topological polar surface area (TPSA) is 59.0 Å². The predicted molar refractivity (Wildman–Crippen MR) is 90.6 cm³/mol. The van der Waals surface area contributed by atoms with Gasteiger partial charge in [-0.2, -0.15) is 5.10 Å². The van der Waals surface area contributed by atoms with Crippen LogP contribution in [-0.2, 0) is 6.54 Å². The lowest BCUT2D eigenvalue weighted by molar-refractivity contribution is 0.0950. The molecule has 1 aliphatic rings. The van der Waals surface area contributed by atoms with Gasteiger partial charge < -0.3 is 10.6 Å². The highest BCUT2D eigenvalue weighted by Gasteiger charge is 2.15. The Morgan fingerprint density at radius 1 is 1.35 bits per heavy atom. The van der Waals surface area contributed by atoms with Gasteiger partial charge in [0, 0.05) is 23.8 Å². The van der Waals surface area contributed by atoms with Gasteiger partial charge in [-0.3, -0.25) is 9.48 Å². The van der Waals surface area contributed by atoms with E-state index in [1.807, 2.05) is 35.9 Å². The van der Waals surface area contributed by atoms with Crippen molar-refractivity contribution in [2.45, 2.75) is 39.3 Å². The second kappa shape index (κ2) is 6.96. The van der Waals surface area contributed by atoms with Crippen molar-refractivity contribution in [3.63, 3.8) is 0 Å². The standard InChI is InChI=1S/C18H24N4O/c1-13-10-14(2)22(21-13)12-15-5-7-16(8-6-15)18(23)20-11-17-4-3-9-19-17/h5-8,10,17,19H,3-4,9,11-12H2,1-2H3,(H,20,23). The smallest absolute Gasteiger partial charge is 0.251 e. The fourth-order valence-corrected chi connectivity index (χ4v) is 3.02. The van der Waals surface area contributed by atoms with E-state index >= 15 is 0 Å². The molecule has 5 heteroatoms. The summed E-state index contributed by atoms with van der Waals surface area (Å²) in [5.74, 6) is -0.00337. The summed E-state index contributed by atoms with van der Waals surface area (Å²) in [7, 11) is 0. The molecule has 0 spiro atoms. The summed E-state index contributed by atoms with van der Waals surface area (Å²) in [5.41, 5.74) is 4.03. The molecular formula is C18H24N4O. The molecule has 2 heterocycles. The first-order valence-corrected chi connectivity index (χ1v) is 8.23. The molecule has 3 rings (SSSR count). The molecule has 122 valence electrons. The number of carbonyl (C=O) groups is 1. The van der Waals surface area contributed by atoms with E-state index in [9.17, 15) is 4.79 Å². The van der Waals surface area contributed by atoms with E-state index in [1.54, 1.807) is 0 Å². The molecule has 1 atom stereocenters. The largest absolute Gasteiger partial charge is 0.350 e. The van der Waals surface area contributed by atoms with Crippen LogP contribution < -0.4 is 10.6 Å². The lowest BCUT2D eigenvalue weighted by Crippen LogP contribution is -2.37. The fourth-order valence-electron chi connectivity index (χ4n) is 3.02. The van der Waals surface area contributed by atoms with Crippen molar-refractivity contribution < 1.29 is 4.79 Å². The van der Waals surface area contributed by atoms with Crippen molar-refractivity contribution in [2.75, 3.05) is 13.1 Å². The monoisotopic (exact) mass is 312 g/mol. The second-order valence-electron chi connectivity index (χ2n) is 6.28. The number of hydrogen-bond donors (Lipinski definition) is 2. The molecule has 1 aliphatic heterocycles. The van der Waals surface area contributed by atoms with Crippen LogP contribution >= 0.6 is 0 Å². The van der Waals surface area contributed by atoms with Crippen LogP contribution in [0.4, 0.5) is 0 Å². The lowest BCUT2D eigenvalue weighted by atomic mass is 10.1. The predicted octanol–water partition coefficient (Wildman–Crippen LogP) is 2.03. The summed E-state index contributed by atoms with van der Waals surface area (Å²) < 4.78 is 1.98. The average Bonchev–Trinajstić information content (AvgIpc) is 3.16. The molecular weight excluding hydrogens is 288 g/mol. The van der Waals surface area contributed by atoms with E-state index in [4.69, 9.17) is 0 Å². The number of nitrogens with one attached hydrogen (secondary N) is 2. The minimum absolute atomic E-state index is 0.00337. The second-order valence-corrected chi connectivity index (χ2v) is 6.28. The quantitative estimate of drug-likeness (QED) is 0.888. The maximum Gasteiger partial charge on any atom is 0.251 e. The lowest BCUT2D eigenvalue weighted by Gasteiger charge is -2.12. The maximum atomic E-state index is 12.2. The van der Waals surface area contributed by atoms with Gasteiger partial charge >= 0.3 is 0 Å². The highest BCUT2D eigenvalue weighted by molar-refractivity contribution is 5.94. The number of aromatic nitrogens is 2. The van der Waals surface area contributed by atoms with Gasteiger partial charge in [0.05, 0.1) is 12.2 Å². The Hall–Kier alpha value is -2.14. The molecule has 1 unspecified atom stereocenters. The first kappa shape index (κ1) is 15.7. The third kappa shape index (κ3) is 3.99. The molecule has 0 saturated carbocycles. The molecule has 1 fully saturated rings. The van der Waals surface area contributed by atoms with Crippen LogP contribution in [0.5, 0.6) is 0 Å². The number of aryl methyl sites for hydroxylation is 2. The van der Waals surface area contributed by atoms with E-state index in [2.05, 4.69) is 28.7 Å². The van der Waals surface area contributed by atoms with Crippen molar-refractivity contribution in [1.29, 1.82) is 0 Å². The fraction of sp³-hybridized carbons (Fsp3) is 0.444. The van der Waals surface area contributed by atoms with Gasteiger partial charge in [0.1, 0.15) is 0 Å². The Morgan fingerprint density at radius 2 is 2.13 bits per heavy atom. The number of hydrogen-bond acceptors (Lipinski definition) is 3. The molecule has 23 heavy (non-hydrogen) atoms. The Bertz CT molecular complexity index is 669. The molecule has 1 saturated heterocycles. The zero-order chi connectivity index (χ0) is 16.2. The van der Waals surface area contributed by atoms with Crippen LogP contribution in [-0.4, -0.2) is 34.8 Å².